The molecule has 2 fully saturated rings. The Morgan fingerprint density at radius 3 is 2.95 bits per heavy atom. The minimum atomic E-state index is 0.715. The number of rotatable bonds is 2. The van der Waals surface area contributed by atoms with E-state index >= 15 is 0 Å². The maximum absolute atomic E-state index is 3.91. The second kappa shape index (κ2) is 4.82. The summed E-state index contributed by atoms with van der Waals surface area (Å²) >= 11 is 0. The molecule has 0 spiro atoms. The first-order chi connectivity index (χ1) is 9.40. The second-order valence-electron chi connectivity index (χ2n) is 6.54. The Hall–Kier alpha value is -1.02. The molecule has 2 nitrogen and oxygen atoms in total. The first-order valence-electron chi connectivity index (χ1n) is 8.00. The number of benzene rings is 1. The number of hydrogen-bond donors (Lipinski definition) is 1. The van der Waals surface area contributed by atoms with Crippen molar-refractivity contribution in [2.75, 3.05) is 25.0 Å². The molecule has 102 valence electrons. The second-order valence-corrected chi connectivity index (χ2v) is 6.54. The van der Waals surface area contributed by atoms with Gasteiger partial charge in [0.2, 0.25) is 0 Å². The van der Waals surface area contributed by atoms with E-state index in [9.17, 15) is 0 Å². The molecule has 3 aliphatic rings. The van der Waals surface area contributed by atoms with Crippen molar-refractivity contribution >= 4 is 5.69 Å². The van der Waals surface area contributed by atoms with Crippen molar-refractivity contribution in [3.05, 3.63) is 29.3 Å². The number of fused-ring (bicyclic) bond motifs is 3. The molecule has 19 heavy (non-hydrogen) atoms. The average Bonchev–Trinajstić information content (AvgIpc) is 2.85. The summed E-state index contributed by atoms with van der Waals surface area (Å²) in [6.45, 7) is 3.95. The number of piperidine rings is 1. The maximum atomic E-state index is 3.91. The smallest absolute Gasteiger partial charge is 0.0377 e. The third-order valence-corrected chi connectivity index (χ3v) is 5.37. The Morgan fingerprint density at radius 1 is 1.05 bits per heavy atom. The zero-order valence-electron chi connectivity index (χ0n) is 11.7. The van der Waals surface area contributed by atoms with Crippen molar-refractivity contribution < 1.29 is 0 Å². The summed E-state index contributed by atoms with van der Waals surface area (Å²) in [7, 11) is 0. The summed E-state index contributed by atoms with van der Waals surface area (Å²) in [5.74, 6) is 0.883. The predicted octanol–water partition coefficient (Wildman–Crippen LogP) is 3.07. The van der Waals surface area contributed by atoms with Crippen LogP contribution in [-0.2, 0) is 12.8 Å². The number of aryl methyl sites for hydroxylation is 1. The van der Waals surface area contributed by atoms with Crippen LogP contribution in [0.25, 0.3) is 0 Å². The highest BCUT2D eigenvalue weighted by Gasteiger charge is 2.34. The van der Waals surface area contributed by atoms with E-state index in [1.165, 1.54) is 63.8 Å². The molecule has 2 heterocycles. The van der Waals surface area contributed by atoms with Crippen LogP contribution in [0.3, 0.4) is 0 Å². The fourth-order valence-electron chi connectivity index (χ4n) is 4.26. The van der Waals surface area contributed by atoms with Gasteiger partial charge in [-0.15, -0.1) is 0 Å². The fourth-order valence-corrected chi connectivity index (χ4v) is 4.26. The highest BCUT2D eigenvalue weighted by Crippen LogP contribution is 2.33. The first kappa shape index (κ1) is 11.8. The lowest BCUT2D eigenvalue weighted by molar-refractivity contribution is 0.255. The van der Waals surface area contributed by atoms with E-state index in [-0.39, 0.29) is 0 Å². The lowest BCUT2D eigenvalue weighted by Crippen LogP contribution is -2.39. The van der Waals surface area contributed by atoms with E-state index in [0.29, 0.717) is 6.04 Å². The fraction of sp³-hybridized carbons (Fsp3) is 0.647. The van der Waals surface area contributed by atoms with Gasteiger partial charge in [0.1, 0.15) is 0 Å². The Balaban J connectivity index is 1.56. The lowest BCUT2D eigenvalue weighted by Gasteiger charge is -2.33. The number of anilines is 1. The predicted molar refractivity (Wildman–Crippen MR) is 79.7 cm³/mol. The molecule has 1 aliphatic carbocycles. The Labute approximate surface area is 116 Å². The van der Waals surface area contributed by atoms with Crippen LogP contribution in [0.2, 0.25) is 0 Å². The SMILES string of the molecule is c1cc2c(c(NC3CCN4CCC3C4)c1)CCCC2. The monoisotopic (exact) mass is 256 g/mol. The van der Waals surface area contributed by atoms with Gasteiger partial charge in [0.15, 0.2) is 0 Å². The summed E-state index contributed by atoms with van der Waals surface area (Å²) in [5, 5.41) is 3.91. The Bertz CT molecular complexity index is 468. The summed E-state index contributed by atoms with van der Waals surface area (Å²) < 4.78 is 0. The van der Waals surface area contributed by atoms with Gasteiger partial charge >= 0.3 is 0 Å². The van der Waals surface area contributed by atoms with Gasteiger partial charge in [-0.2, -0.15) is 0 Å². The topological polar surface area (TPSA) is 15.3 Å². The maximum Gasteiger partial charge on any atom is 0.0377 e. The summed E-state index contributed by atoms with van der Waals surface area (Å²) in [6, 6.07) is 7.60. The molecule has 1 N–H and O–H groups in total. The van der Waals surface area contributed by atoms with Gasteiger partial charge in [0.25, 0.3) is 0 Å². The van der Waals surface area contributed by atoms with Crippen LogP contribution >= 0.6 is 0 Å². The van der Waals surface area contributed by atoms with Crippen molar-refractivity contribution in [2.45, 2.75) is 44.6 Å². The number of nitrogens with zero attached hydrogens (tertiary/aromatic N) is 1. The normalized spacial score (nSPS) is 32.9. The molecule has 3 atom stereocenters. The molecule has 1 aromatic rings. The van der Waals surface area contributed by atoms with Gasteiger partial charge in [-0.05, 0) is 68.2 Å². The van der Waals surface area contributed by atoms with Crippen molar-refractivity contribution in [3.63, 3.8) is 0 Å². The third-order valence-electron chi connectivity index (χ3n) is 5.37. The molecule has 0 saturated carbocycles. The summed E-state index contributed by atoms with van der Waals surface area (Å²) in [5.41, 5.74) is 4.66. The minimum absolute atomic E-state index is 0.715. The largest absolute Gasteiger partial charge is 0.382 e. The van der Waals surface area contributed by atoms with E-state index < -0.39 is 0 Å². The molecule has 2 bridgehead atoms. The van der Waals surface area contributed by atoms with Gasteiger partial charge in [0.05, 0.1) is 0 Å². The van der Waals surface area contributed by atoms with Crippen LogP contribution in [0.1, 0.15) is 36.8 Å². The van der Waals surface area contributed by atoms with E-state index in [4.69, 9.17) is 0 Å². The quantitative estimate of drug-likeness (QED) is 0.875. The molecule has 2 saturated heterocycles. The van der Waals surface area contributed by atoms with E-state index in [1.807, 2.05) is 0 Å². The summed E-state index contributed by atoms with van der Waals surface area (Å²) in [4.78, 5) is 2.63. The van der Waals surface area contributed by atoms with Crippen molar-refractivity contribution in [2.24, 2.45) is 5.92 Å². The third kappa shape index (κ3) is 2.16. The molecule has 0 amide bonds. The molecule has 2 heteroatoms. The number of hydrogen-bond acceptors (Lipinski definition) is 2. The lowest BCUT2D eigenvalue weighted by atomic mass is 9.89. The van der Waals surface area contributed by atoms with Crippen LogP contribution in [0.4, 0.5) is 5.69 Å². The van der Waals surface area contributed by atoms with Crippen LogP contribution < -0.4 is 5.32 Å². The van der Waals surface area contributed by atoms with E-state index in [2.05, 4.69) is 28.4 Å². The molecular formula is C17H24N2. The van der Waals surface area contributed by atoms with Crippen molar-refractivity contribution in [1.29, 1.82) is 0 Å². The van der Waals surface area contributed by atoms with Crippen LogP contribution in [0, 0.1) is 5.92 Å². The highest BCUT2D eigenvalue weighted by atomic mass is 15.2. The molecule has 1 aromatic carbocycles. The first-order valence-corrected chi connectivity index (χ1v) is 8.00. The van der Waals surface area contributed by atoms with Gasteiger partial charge < -0.3 is 10.2 Å². The number of nitrogens with one attached hydrogen (secondary N) is 1. The Kier molecular flexibility index (Phi) is 2.99. The standard InChI is InChI=1S/C17H24N2/c1-2-6-15-13(4-1)5-3-7-17(15)18-16-9-11-19-10-8-14(16)12-19/h3,5,7,14,16,18H,1-2,4,6,8-12H2. The van der Waals surface area contributed by atoms with Crippen molar-refractivity contribution in [1.82, 2.24) is 4.90 Å². The van der Waals surface area contributed by atoms with Crippen molar-refractivity contribution in [3.8, 4) is 0 Å². The molecule has 2 aliphatic heterocycles. The van der Waals surface area contributed by atoms with Gasteiger partial charge in [-0.1, -0.05) is 12.1 Å². The highest BCUT2D eigenvalue weighted by molar-refractivity contribution is 5.56. The molecule has 3 unspecified atom stereocenters. The molecule has 0 radical (unpaired) electrons. The molecule has 4 rings (SSSR count). The van der Waals surface area contributed by atoms with Gasteiger partial charge in [-0.25, -0.2) is 0 Å². The van der Waals surface area contributed by atoms with Gasteiger partial charge in [-0.3, -0.25) is 0 Å². The van der Waals surface area contributed by atoms with Gasteiger partial charge in [0, 0.05) is 24.8 Å². The van der Waals surface area contributed by atoms with E-state index in [1.54, 1.807) is 11.1 Å². The van der Waals surface area contributed by atoms with E-state index in [0.717, 1.165) is 5.92 Å². The minimum Gasteiger partial charge on any atom is -0.382 e. The zero-order chi connectivity index (χ0) is 12.7. The van der Waals surface area contributed by atoms with Crippen LogP contribution in [-0.4, -0.2) is 30.6 Å². The summed E-state index contributed by atoms with van der Waals surface area (Å²) in [6.07, 6.45) is 8.03. The van der Waals surface area contributed by atoms with Crippen LogP contribution in [0.15, 0.2) is 18.2 Å². The Morgan fingerprint density at radius 2 is 1.95 bits per heavy atom. The molecule has 0 aromatic heterocycles. The average molecular weight is 256 g/mol. The zero-order valence-corrected chi connectivity index (χ0v) is 11.7. The van der Waals surface area contributed by atoms with Crippen LogP contribution in [0.5, 0.6) is 0 Å². The molecular weight excluding hydrogens is 232 g/mol.